The second-order valence-electron chi connectivity index (χ2n) is 3.93. The molecule has 0 aliphatic carbocycles. The Hall–Kier alpha value is -2.10. The summed E-state index contributed by atoms with van der Waals surface area (Å²) in [5.74, 6) is -0.192. The molecule has 3 amide bonds. The molecule has 88 valence electrons. The summed E-state index contributed by atoms with van der Waals surface area (Å²) in [6.07, 6.45) is 1.63. The van der Waals surface area contributed by atoms with E-state index in [-0.39, 0.29) is 11.9 Å². The molecule has 17 heavy (non-hydrogen) atoms. The first kappa shape index (κ1) is 11.4. The molecule has 1 atom stereocenters. The van der Waals surface area contributed by atoms with Crippen molar-refractivity contribution in [1.29, 1.82) is 0 Å². The van der Waals surface area contributed by atoms with Gasteiger partial charge in [-0.1, -0.05) is 36.4 Å². The van der Waals surface area contributed by atoms with Crippen molar-refractivity contribution in [2.75, 3.05) is 13.6 Å². The van der Waals surface area contributed by atoms with Gasteiger partial charge >= 0.3 is 6.03 Å². The number of hydrogen-bond acceptors (Lipinski definition) is 2. The van der Waals surface area contributed by atoms with Crippen LogP contribution in [0.1, 0.15) is 11.6 Å². The molecule has 0 radical (unpaired) electrons. The van der Waals surface area contributed by atoms with Crippen LogP contribution in [0.4, 0.5) is 4.79 Å². The second kappa shape index (κ2) is 4.41. The zero-order valence-corrected chi connectivity index (χ0v) is 9.67. The molecular formula is C13H14N2O2. The summed E-state index contributed by atoms with van der Waals surface area (Å²) >= 11 is 0. The van der Waals surface area contributed by atoms with Gasteiger partial charge in [-0.3, -0.25) is 9.69 Å². The van der Waals surface area contributed by atoms with Crippen molar-refractivity contribution in [1.82, 2.24) is 9.80 Å². The molecule has 4 heteroatoms. The van der Waals surface area contributed by atoms with Gasteiger partial charge in [0.15, 0.2) is 0 Å². The Labute approximate surface area is 100 Å². The summed E-state index contributed by atoms with van der Waals surface area (Å²) in [6.45, 7) is 3.98. The van der Waals surface area contributed by atoms with Gasteiger partial charge in [0, 0.05) is 13.6 Å². The molecule has 0 spiro atoms. The maximum Gasteiger partial charge on any atom is 0.327 e. The van der Waals surface area contributed by atoms with E-state index in [9.17, 15) is 9.59 Å². The average molecular weight is 230 g/mol. The van der Waals surface area contributed by atoms with E-state index in [1.54, 1.807) is 6.08 Å². The number of rotatable bonds is 3. The van der Waals surface area contributed by atoms with E-state index in [1.165, 1.54) is 11.9 Å². The lowest BCUT2D eigenvalue weighted by Gasteiger charge is -2.20. The fourth-order valence-corrected chi connectivity index (χ4v) is 1.99. The van der Waals surface area contributed by atoms with Gasteiger partial charge in [-0.25, -0.2) is 4.79 Å². The van der Waals surface area contributed by atoms with E-state index in [0.29, 0.717) is 6.54 Å². The minimum absolute atomic E-state index is 0.192. The average Bonchev–Trinajstić information content (AvgIpc) is 2.56. The van der Waals surface area contributed by atoms with Crippen LogP contribution in [0.15, 0.2) is 43.0 Å². The molecule has 1 aliphatic rings. The lowest BCUT2D eigenvalue weighted by Crippen LogP contribution is -2.30. The van der Waals surface area contributed by atoms with E-state index < -0.39 is 6.04 Å². The molecule has 1 aliphatic heterocycles. The summed E-state index contributed by atoms with van der Waals surface area (Å²) in [4.78, 5) is 26.6. The molecule has 4 nitrogen and oxygen atoms in total. The fraction of sp³-hybridized carbons (Fsp3) is 0.231. The molecule has 1 saturated heterocycles. The number of carbonyl (C=O) groups is 2. The minimum Gasteiger partial charge on any atom is -0.304 e. The number of nitrogens with zero attached hydrogens (tertiary/aromatic N) is 2. The molecule has 0 aromatic heterocycles. The van der Waals surface area contributed by atoms with Crippen LogP contribution in [-0.2, 0) is 4.79 Å². The number of likely N-dealkylation sites (N-methyl/N-ethyl adjacent to an activating group) is 1. The van der Waals surface area contributed by atoms with E-state index in [0.717, 1.165) is 10.5 Å². The first-order valence-corrected chi connectivity index (χ1v) is 5.41. The summed E-state index contributed by atoms with van der Waals surface area (Å²) in [6, 6.07) is 8.51. The largest absolute Gasteiger partial charge is 0.327 e. The molecule has 2 rings (SSSR count). The lowest BCUT2D eigenvalue weighted by atomic mass is 10.1. The number of carbonyl (C=O) groups excluding carboxylic acids is 2. The highest BCUT2D eigenvalue weighted by Crippen LogP contribution is 2.29. The Morgan fingerprint density at radius 2 is 1.94 bits per heavy atom. The van der Waals surface area contributed by atoms with Crippen molar-refractivity contribution in [3.05, 3.63) is 48.6 Å². The third-order valence-corrected chi connectivity index (χ3v) is 2.85. The van der Waals surface area contributed by atoms with Crippen molar-refractivity contribution in [3.63, 3.8) is 0 Å². The van der Waals surface area contributed by atoms with Gasteiger partial charge in [-0.2, -0.15) is 0 Å². The van der Waals surface area contributed by atoms with Crippen LogP contribution in [-0.4, -0.2) is 35.3 Å². The van der Waals surface area contributed by atoms with Crippen molar-refractivity contribution in [2.24, 2.45) is 0 Å². The minimum atomic E-state index is -0.522. The zero-order valence-electron chi connectivity index (χ0n) is 9.67. The monoisotopic (exact) mass is 230 g/mol. The van der Waals surface area contributed by atoms with Gasteiger partial charge in [-0.05, 0) is 5.56 Å². The highest BCUT2D eigenvalue weighted by Gasteiger charge is 2.43. The Morgan fingerprint density at radius 3 is 2.53 bits per heavy atom. The molecule has 1 heterocycles. The quantitative estimate of drug-likeness (QED) is 0.587. The van der Waals surface area contributed by atoms with Crippen LogP contribution in [0.25, 0.3) is 0 Å². The number of urea groups is 1. The Bertz CT molecular complexity index is 456. The fourth-order valence-electron chi connectivity index (χ4n) is 1.99. The van der Waals surface area contributed by atoms with E-state index in [2.05, 4.69) is 6.58 Å². The predicted octanol–water partition coefficient (Wildman–Crippen LogP) is 1.81. The predicted molar refractivity (Wildman–Crippen MR) is 64.3 cm³/mol. The van der Waals surface area contributed by atoms with Crippen LogP contribution < -0.4 is 0 Å². The summed E-state index contributed by atoms with van der Waals surface area (Å²) in [5.41, 5.74) is 0.831. The Balaban J connectivity index is 2.39. The molecule has 1 aromatic carbocycles. The van der Waals surface area contributed by atoms with Gasteiger partial charge in [0.05, 0.1) is 0 Å². The normalized spacial score (nSPS) is 19.9. The Morgan fingerprint density at radius 1 is 1.29 bits per heavy atom. The summed E-state index contributed by atoms with van der Waals surface area (Å²) < 4.78 is 0. The van der Waals surface area contributed by atoms with Gasteiger partial charge < -0.3 is 4.90 Å². The molecule has 1 fully saturated rings. The smallest absolute Gasteiger partial charge is 0.304 e. The van der Waals surface area contributed by atoms with Crippen LogP contribution in [0.5, 0.6) is 0 Å². The Kier molecular flexibility index (Phi) is 2.95. The van der Waals surface area contributed by atoms with Crippen molar-refractivity contribution >= 4 is 11.9 Å². The van der Waals surface area contributed by atoms with Crippen molar-refractivity contribution < 1.29 is 9.59 Å². The topological polar surface area (TPSA) is 40.6 Å². The number of imide groups is 1. The maximum atomic E-state index is 12.0. The molecule has 1 aromatic rings. The first-order valence-electron chi connectivity index (χ1n) is 5.41. The first-order chi connectivity index (χ1) is 8.16. The summed E-state index contributed by atoms with van der Waals surface area (Å²) in [7, 11) is 1.50. The van der Waals surface area contributed by atoms with Crippen LogP contribution in [0, 0.1) is 0 Å². The van der Waals surface area contributed by atoms with Crippen LogP contribution >= 0.6 is 0 Å². The SMILES string of the molecule is C=CCN1C(=O)N(C)C(=O)C1c1ccccc1. The highest BCUT2D eigenvalue weighted by molar-refractivity contribution is 6.04. The molecular weight excluding hydrogens is 216 g/mol. The lowest BCUT2D eigenvalue weighted by molar-refractivity contribution is -0.127. The van der Waals surface area contributed by atoms with Gasteiger partial charge in [-0.15, -0.1) is 6.58 Å². The summed E-state index contributed by atoms with van der Waals surface area (Å²) in [5, 5.41) is 0. The number of amides is 3. The van der Waals surface area contributed by atoms with E-state index in [1.807, 2.05) is 30.3 Å². The van der Waals surface area contributed by atoms with Gasteiger partial charge in [0.2, 0.25) is 0 Å². The van der Waals surface area contributed by atoms with Crippen LogP contribution in [0.2, 0.25) is 0 Å². The standard InChI is InChI=1S/C13H14N2O2/c1-3-9-15-11(10-7-5-4-6-8-10)12(16)14(2)13(15)17/h3-8,11H,1,9H2,2H3. The molecule has 1 unspecified atom stereocenters. The molecule has 0 N–H and O–H groups in total. The molecule has 0 saturated carbocycles. The third-order valence-electron chi connectivity index (χ3n) is 2.85. The second-order valence-corrected chi connectivity index (χ2v) is 3.93. The van der Waals surface area contributed by atoms with E-state index in [4.69, 9.17) is 0 Å². The number of hydrogen-bond donors (Lipinski definition) is 0. The number of benzene rings is 1. The highest BCUT2D eigenvalue weighted by atomic mass is 16.2. The zero-order chi connectivity index (χ0) is 12.4. The van der Waals surface area contributed by atoms with Gasteiger partial charge in [0.1, 0.15) is 6.04 Å². The van der Waals surface area contributed by atoms with Gasteiger partial charge in [0.25, 0.3) is 5.91 Å². The third kappa shape index (κ3) is 1.82. The van der Waals surface area contributed by atoms with Crippen LogP contribution in [0.3, 0.4) is 0 Å². The van der Waals surface area contributed by atoms with Crippen molar-refractivity contribution in [2.45, 2.75) is 6.04 Å². The van der Waals surface area contributed by atoms with E-state index >= 15 is 0 Å². The van der Waals surface area contributed by atoms with Crippen molar-refractivity contribution in [3.8, 4) is 0 Å². The maximum absolute atomic E-state index is 12.0. The molecule has 0 bridgehead atoms.